The number of Topliss-reactive ketones (excluding diaryl/α,β-unsaturated/α-hetero) is 1. The van der Waals surface area contributed by atoms with Crippen LogP contribution in [0.25, 0.3) is 0 Å². The van der Waals surface area contributed by atoms with Crippen molar-refractivity contribution < 1.29 is 14.3 Å². The van der Waals surface area contributed by atoms with Crippen molar-refractivity contribution in [3.63, 3.8) is 0 Å². The Morgan fingerprint density at radius 3 is 2.48 bits per heavy atom. The second-order valence-electron chi connectivity index (χ2n) is 10.6. The third-order valence-electron chi connectivity index (χ3n) is 8.08. The summed E-state index contributed by atoms with van der Waals surface area (Å²) >= 11 is 6.48. The van der Waals surface area contributed by atoms with E-state index >= 15 is 0 Å². The number of carbonyl (C=O) groups is 2. The lowest BCUT2D eigenvalue weighted by atomic mass is 9.89. The maximum atomic E-state index is 12.9. The number of ether oxygens (including phenoxy) is 1. The Kier molecular flexibility index (Phi) is 8.14. The van der Waals surface area contributed by atoms with Crippen molar-refractivity contribution >= 4 is 23.3 Å². The van der Waals surface area contributed by atoms with Crippen LogP contribution in [-0.2, 0) is 27.3 Å². The number of rotatable bonds is 7. The van der Waals surface area contributed by atoms with Crippen LogP contribution in [0.3, 0.4) is 0 Å². The van der Waals surface area contributed by atoms with Crippen molar-refractivity contribution in [2.75, 3.05) is 32.8 Å². The number of halogens is 1. The van der Waals surface area contributed by atoms with Gasteiger partial charge in [-0.2, -0.15) is 0 Å². The van der Waals surface area contributed by atoms with Gasteiger partial charge in [0.2, 0.25) is 5.91 Å². The Bertz CT molecular complexity index is 867. The largest absolute Gasteiger partial charge is 0.381 e. The first-order valence-electron chi connectivity index (χ1n) is 12.7. The average molecular weight is 475 g/mol. The maximum Gasteiger partial charge on any atom is 0.226 e. The molecule has 3 aliphatic rings. The van der Waals surface area contributed by atoms with Crippen LogP contribution in [-0.4, -0.2) is 60.4 Å². The molecule has 5 nitrogen and oxygen atoms in total. The molecule has 3 atom stereocenters. The minimum atomic E-state index is 0.225. The van der Waals surface area contributed by atoms with E-state index in [1.807, 2.05) is 12.1 Å². The van der Waals surface area contributed by atoms with Gasteiger partial charge in [0, 0.05) is 62.6 Å². The molecule has 1 saturated carbocycles. The second-order valence-corrected chi connectivity index (χ2v) is 11.1. The lowest BCUT2D eigenvalue weighted by molar-refractivity contribution is -0.140. The van der Waals surface area contributed by atoms with Gasteiger partial charge in [-0.05, 0) is 67.3 Å². The summed E-state index contributed by atoms with van der Waals surface area (Å²) in [6.07, 6.45) is 5.51. The van der Waals surface area contributed by atoms with Gasteiger partial charge in [-0.1, -0.05) is 31.4 Å². The number of amides is 1. The van der Waals surface area contributed by atoms with Gasteiger partial charge in [0.25, 0.3) is 0 Å². The molecule has 2 unspecified atom stereocenters. The molecule has 2 saturated heterocycles. The summed E-state index contributed by atoms with van der Waals surface area (Å²) in [4.78, 5) is 30.2. The van der Waals surface area contributed by atoms with Crippen LogP contribution in [0.5, 0.6) is 0 Å². The fraction of sp³-hybridized carbons (Fsp3) is 0.704. The van der Waals surface area contributed by atoms with Crippen molar-refractivity contribution in [3.05, 3.63) is 33.8 Å². The molecule has 2 heterocycles. The Balaban J connectivity index is 1.36. The van der Waals surface area contributed by atoms with E-state index in [9.17, 15) is 9.59 Å². The number of benzene rings is 1. The molecule has 182 valence electrons. The number of piperazine rings is 1. The topological polar surface area (TPSA) is 49.9 Å². The predicted octanol–water partition coefficient (Wildman–Crippen LogP) is 4.66. The first-order chi connectivity index (χ1) is 15.8. The van der Waals surface area contributed by atoms with E-state index in [0.717, 1.165) is 51.2 Å². The van der Waals surface area contributed by atoms with Crippen LogP contribution >= 0.6 is 11.6 Å². The summed E-state index contributed by atoms with van der Waals surface area (Å²) in [6, 6.07) is 4.22. The fourth-order valence-corrected chi connectivity index (χ4v) is 6.10. The minimum Gasteiger partial charge on any atom is -0.381 e. The Labute approximate surface area is 203 Å². The molecular formula is C27H39ClN2O3. The highest BCUT2D eigenvalue weighted by Gasteiger charge is 2.33. The Hall–Kier alpha value is -1.43. The number of nitrogens with zero attached hydrogens (tertiary/aromatic N) is 2. The Morgan fingerprint density at radius 2 is 1.82 bits per heavy atom. The third-order valence-corrected chi connectivity index (χ3v) is 8.29. The first kappa shape index (κ1) is 24.7. The van der Waals surface area contributed by atoms with Crippen molar-refractivity contribution in [1.29, 1.82) is 0 Å². The summed E-state index contributed by atoms with van der Waals surface area (Å²) < 4.78 is 5.52. The van der Waals surface area contributed by atoms with Crippen molar-refractivity contribution in [2.24, 2.45) is 17.8 Å². The number of hydrogen-bond donors (Lipinski definition) is 0. The van der Waals surface area contributed by atoms with Gasteiger partial charge in [0.15, 0.2) is 0 Å². The van der Waals surface area contributed by atoms with Gasteiger partial charge in [-0.25, -0.2) is 0 Å². The molecule has 0 radical (unpaired) electrons. The molecule has 33 heavy (non-hydrogen) atoms. The smallest absolute Gasteiger partial charge is 0.226 e. The monoisotopic (exact) mass is 474 g/mol. The number of carbonyl (C=O) groups excluding carboxylic acids is 2. The van der Waals surface area contributed by atoms with E-state index in [-0.39, 0.29) is 17.7 Å². The molecule has 1 aliphatic carbocycles. The van der Waals surface area contributed by atoms with Crippen LogP contribution < -0.4 is 0 Å². The zero-order valence-corrected chi connectivity index (χ0v) is 21.2. The second kappa shape index (κ2) is 10.9. The highest BCUT2D eigenvalue weighted by atomic mass is 35.5. The van der Waals surface area contributed by atoms with Crippen LogP contribution in [0.15, 0.2) is 12.1 Å². The van der Waals surface area contributed by atoms with E-state index < -0.39 is 0 Å². The molecule has 1 amide bonds. The molecule has 4 rings (SSSR count). The third kappa shape index (κ3) is 5.98. The van der Waals surface area contributed by atoms with Gasteiger partial charge in [-0.15, -0.1) is 0 Å². The highest BCUT2D eigenvalue weighted by molar-refractivity contribution is 6.30. The number of ketones is 1. The molecule has 2 aliphatic heterocycles. The summed E-state index contributed by atoms with van der Waals surface area (Å²) in [5.74, 6) is 1.66. The zero-order valence-electron chi connectivity index (χ0n) is 20.4. The molecule has 0 spiro atoms. The van der Waals surface area contributed by atoms with Crippen molar-refractivity contribution in [2.45, 2.75) is 71.9 Å². The van der Waals surface area contributed by atoms with Crippen LogP contribution in [0.4, 0.5) is 0 Å². The lowest BCUT2D eigenvalue weighted by Gasteiger charge is -2.41. The summed E-state index contributed by atoms with van der Waals surface area (Å²) in [6.45, 7) is 11.2. The quantitative estimate of drug-likeness (QED) is 0.577. The van der Waals surface area contributed by atoms with E-state index in [0.29, 0.717) is 42.2 Å². The normalized spacial score (nSPS) is 26.8. The fourth-order valence-electron chi connectivity index (χ4n) is 5.84. The molecule has 0 N–H and O–H groups in total. The molecular weight excluding hydrogens is 436 g/mol. The standard InChI is InChI=1S/C27H39ClN2O3/c1-18-16-33-17-24(18)13-26(31)12-22-10-25(28)11-23(20(22)3)15-29-8-9-30(19(2)14-29)27(32)21-6-4-5-7-21/h10-11,18-19,21,24H,4-9,12-17H2,1-3H3/t18?,19-,24?/m0/s1. The highest BCUT2D eigenvalue weighted by Crippen LogP contribution is 2.29. The van der Waals surface area contributed by atoms with Crippen LogP contribution in [0, 0.1) is 24.7 Å². The SMILES string of the molecule is Cc1c(CC(=O)CC2COCC2C)cc(Cl)cc1CN1CCN(C(=O)C2CCCC2)[C@@H](C)C1. The summed E-state index contributed by atoms with van der Waals surface area (Å²) in [7, 11) is 0. The minimum absolute atomic E-state index is 0.225. The maximum absolute atomic E-state index is 12.9. The number of hydrogen-bond acceptors (Lipinski definition) is 4. The molecule has 3 fully saturated rings. The summed E-state index contributed by atoms with van der Waals surface area (Å²) in [5.41, 5.74) is 3.39. The van der Waals surface area contributed by atoms with Crippen LogP contribution in [0.2, 0.25) is 5.02 Å². The van der Waals surface area contributed by atoms with Gasteiger partial charge in [-0.3, -0.25) is 14.5 Å². The van der Waals surface area contributed by atoms with Gasteiger partial charge in [0.1, 0.15) is 5.78 Å². The molecule has 1 aromatic carbocycles. The van der Waals surface area contributed by atoms with E-state index in [1.165, 1.54) is 24.0 Å². The molecule has 0 aromatic heterocycles. The average Bonchev–Trinajstić information content (AvgIpc) is 3.43. The van der Waals surface area contributed by atoms with E-state index in [2.05, 4.69) is 30.6 Å². The van der Waals surface area contributed by atoms with Crippen LogP contribution in [0.1, 0.15) is 62.6 Å². The predicted molar refractivity (Wildman–Crippen MR) is 131 cm³/mol. The Morgan fingerprint density at radius 1 is 1.09 bits per heavy atom. The molecule has 6 heteroatoms. The van der Waals surface area contributed by atoms with Crippen molar-refractivity contribution in [3.8, 4) is 0 Å². The summed E-state index contributed by atoms with van der Waals surface area (Å²) in [5, 5.41) is 0.694. The van der Waals surface area contributed by atoms with Gasteiger partial charge in [0.05, 0.1) is 6.61 Å². The van der Waals surface area contributed by atoms with Gasteiger partial charge < -0.3 is 9.64 Å². The van der Waals surface area contributed by atoms with Crippen molar-refractivity contribution in [1.82, 2.24) is 9.80 Å². The lowest BCUT2D eigenvalue weighted by Crippen LogP contribution is -2.54. The molecule has 1 aromatic rings. The molecule has 0 bridgehead atoms. The van der Waals surface area contributed by atoms with E-state index in [1.54, 1.807) is 0 Å². The zero-order chi connectivity index (χ0) is 23.5. The van der Waals surface area contributed by atoms with E-state index in [4.69, 9.17) is 16.3 Å². The van der Waals surface area contributed by atoms with Gasteiger partial charge >= 0.3 is 0 Å². The first-order valence-corrected chi connectivity index (χ1v) is 13.1.